The fourth-order valence-electron chi connectivity index (χ4n) is 3.08. The number of carbonyl (C=O) groups is 2. The first-order chi connectivity index (χ1) is 12.2. The van der Waals surface area contributed by atoms with Gasteiger partial charge in [0, 0.05) is 10.4 Å². The van der Waals surface area contributed by atoms with Gasteiger partial charge in [-0.15, -0.1) is 22.7 Å². The number of rotatable bonds is 4. The van der Waals surface area contributed by atoms with Crippen molar-refractivity contribution in [1.82, 2.24) is 4.98 Å². The molecule has 1 aromatic carbocycles. The Labute approximate surface area is 152 Å². The molecule has 0 fully saturated rings. The molecule has 0 bridgehead atoms. The summed E-state index contributed by atoms with van der Waals surface area (Å²) in [6, 6.07) is 5.41. The molecule has 1 amide bonds. The zero-order chi connectivity index (χ0) is 17.4. The van der Waals surface area contributed by atoms with Crippen LogP contribution in [0, 0.1) is 0 Å². The maximum Gasteiger partial charge on any atom is 0.341 e. The summed E-state index contributed by atoms with van der Waals surface area (Å²) in [6.07, 6.45) is 2.86. The molecule has 0 saturated heterocycles. The molecule has 1 aliphatic carbocycles. The number of thiazole rings is 1. The fraction of sp³-hybridized carbons (Fsp3) is 0.278. The van der Waals surface area contributed by atoms with Crippen molar-refractivity contribution in [2.75, 3.05) is 11.9 Å². The number of nitrogens with zero attached hydrogens (tertiary/aromatic N) is 1. The van der Waals surface area contributed by atoms with Crippen LogP contribution in [-0.2, 0) is 17.6 Å². The van der Waals surface area contributed by atoms with Gasteiger partial charge in [0.15, 0.2) is 0 Å². The molecule has 2 aromatic heterocycles. The molecule has 1 aliphatic rings. The highest BCUT2D eigenvalue weighted by atomic mass is 32.1. The molecule has 2 heterocycles. The predicted molar refractivity (Wildman–Crippen MR) is 99.9 cm³/mol. The number of fused-ring (bicyclic) bond motifs is 2. The minimum Gasteiger partial charge on any atom is -0.462 e. The lowest BCUT2D eigenvalue weighted by Gasteiger charge is -2.08. The molecule has 0 saturated carbocycles. The van der Waals surface area contributed by atoms with E-state index in [4.69, 9.17) is 4.74 Å². The highest BCUT2D eigenvalue weighted by Gasteiger charge is 2.28. The highest BCUT2D eigenvalue weighted by Crippen LogP contribution is 2.39. The fourth-order valence-corrected chi connectivity index (χ4v) is 5.07. The molecule has 5 nitrogen and oxygen atoms in total. The quantitative estimate of drug-likeness (QED) is 0.694. The van der Waals surface area contributed by atoms with Gasteiger partial charge in [0.05, 0.1) is 27.9 Å². The summed E-state index contributed by atoms with van der Waals surface area (Å²) in [7, 11) is 0. The number of aromatic nitrogens is 1. The lowest BCUT2D eigenvalue weighted by molar-refractivity contribution is 0.0527. The Kier molecular flexibility index (Phi) is 4.27. The summed E-state index contributed by atoms with van der Waals surface area (Å²) in [5.74, 6) is -0.573. The van der Waals surface area contributed by atoms with E-state index in [0.29, 0.717) is 22.7 Å². The van der Waals surface area contributed by atoms with Gasteiger partial charge < -0.3 is 10.1 Å². The van der Waals surface area contributed by atoms with Gasteiger partial charge in [-0.05, 0) is 49.9 Å². The lowest BCUT2D eigenvalue weighted by Crippen LogP contribution is -2.15. The second-order valence-corrected chi connectivity index (χ2v) is 7.76. The molecule has 0 atom stereocenters. The number of esters is 1. The molecule has 25 heavy (non-hydrogen) atoms. The van der Waals surface area contributed by atoms with Crippen molar-refractivity contribution in [2.45, 2.75) is 26.2 Å². The van der Waals surface area contributed by atoms with E-state index in [1.54, 1.807) is 18.5 Å². The monoisotopic (exact) mass is 372 g/mol. The predicted octanol–water partition coefficient (Wildman–Crippen LogP) is 4.28. The van der Waals surface area contributed by atoms with Crippen LogP contribution in [0.3, 0.4) is 0 Å². The molecular weight excluding hydrogens is 356 g/mol. The van der Waals surface area contributed by atoms with Crippen LogP contribution < -0.4 is 5.32 Å². The first kappa shape index (κ1) is 16.2. The lowest BCUT2D eigenvalue weighted by atomic mass is 10.1. The SMILES string of the molecule is CCOC(=O)c1c(NC(=O)c2ccc3ncsc3c2)sc2c1CCC2. The van der Waals surface area contributed by atoms with Gasteiger partial charge in [-0.1, -0.05) is 0 Å². The summed E-state index contributed by atoms with van der Waals surface area (Å²) in [4.78, 5) is 30.4. The van der Waals surface area contributed by atoms with Crippen LogP contribution in [0.15, 0.2) is 23.7 Å². The highest BCUT2D eigenvalue weighted by molar-refractivity contribution is 7.17. The maximum absolute atomic E-state index is 12.7. The van der Waals surface area contributed by atoms with Crippen molar-refractivity contribution >= 4 is 49.8 Å². The summed E-state index contributed by atoms with van der Waals surface area (Å²) in [6.45, 7) is 2.10. The number of ether oxygens (including phenoxy) is 1. The Hall–Kier alpha value is -2.25. The Morgan fingerprint density at radius 3 is 3.04 bits per heavy atom. The van der Waals surface area contributed by atoms with Gasteiger partial charge in [0.2, 0.25) is 0 Å². The number of hydrogen-bond donors (Lipinski definition) is 1. The van der Waals surface area contributed by atoms with Crippen LogP contribution in [-0.4, -0.2) is 23.5 Å². The first-order valence-electron chi connectivity index (χ1n) is 8.13. The summed E-state index contributed by atoms with van der Waals surface area (Å²) < 4.78 is 6.16. The van der Waals surface area contributed by atoms with Gasteiger partial charge >= 0.3 is 5.97 Å². The van der Waals surface area contributed by atoms with Crippen LogP contribution in [0.4, 0.5) is 5.00 Å². The third-order valence-electron chi connectivity index (χ3n) is 4.22. The third-order valence-corrected chi connectivity index (χ3v) is 6.22. The summed E-state index contributed by atoms with van der Waals surface area (Å²) >= 11 is 2.99. The molecule has 7 heteroatoms. The topological polar surface area (TPSA) is 68.3 Å². The maximum atomic E-state index is 12.7. The average Bonchev–Trinajstić information content (AvgIpc) is 3.29. The van der Waals surface area contributed by atoms with Crippen LogP contribution in [0.25, 0.3) is 10.2 Å². The van der Waals surface area contributed by atoms with Crippen molar-refractivity contribution in [3.63, 3.8) is 0 Å². The Bertz CT molecular complexity index is 974. The van der Waals surface area contributed by atoms with Gasteiger partial charge in [0.25, 0.3) is 5.91 Å². The first-order valence-corrected chi connectivity index (χ1v) is 9.83. The number of aryl methyl sites for hydroxylation is 1. The minimum absolute atomic E-state index is 0.222. The molecule has 1 N–H and O–H groups in total. The number of benzene rings is 1. The molecule has 0 aliphatic heterocycles. The van der Waals surface area contributed by atoms with E-state index in [9.17, 15) is 9.59 Å². The minimum atomic E-state index is -0.352. The van der Waals surface area contributed by atoms with E-state index >= 15 is 0 Å². The van der Waals surface area contributed by atoms with Crippen LogP contribution >= 0.6 is 22.7 Å². The zero-order valence-corrected chi connectivity index (χ0v) is 15.3. The van der Waals surface area contributed by atoms with E-state index < -0.39 is 0 Å². The average molecular weight is 372 g/mol. The van der Waals surface area contributed by atoms with E-state index in [2.05, 4.69) is 10.3 Å². The smallest absolute Gasteiger partial charge is 0.341 e. The van der Waals surface area contributed by atoms with Gasteiger partial charge in [0.1, 0.15) is 5.00 Å². The van der Waals surface area contributed by atoms with E-state index in [-0.39, 0.29) is 11.9 Å². The van der Waals surface area contributed by atoms with Gasteiger partial charge in [-0.2, -0.15) is 0 Å². The molecule has 0 spiro atoms. The summed E-state index contributed by atoms with van der Waals surface area (Å²) in [5, 5.41) is 3.51. The molecule has 0 radical (unpaired) electrons. The van der Waals surface area contributed by atoms with Crippen LogP contribution in [0.5, 0.6) is 0 Å². The van der Waals surface area contributed by atoms with Crippen molar-refractivity contribution in [3.05, 3.63) is 45.3 Å². The van der Waals surface area contributed by atoms with Crippen molar-refractivity contribution in [3.8, 4) is 0 Å². The Morgan fingerprint density at radius 1 is 1.32 bits per heavy atom. The van der Waals surface area contributed by atoms with E-state index in [1.807, 2.05) is 12.1 Å². The van der Waals surface area contributed by atoms with Crippen molar-refractivity contribution < 1.29 is 14.3 Å². The Morgan fingerprint density at radius 2 is 2.20 bits per heavy atom. The number of hydrogen-bond acceptors (Lipinski definition) is 6. The molecule has 128 valence electrons. The second-order valence-electron chi connectivity index (χ2n) is 5.77. The van der Waals surface area contributed by atoms with E-state index in [0.717, 1.165) is 35.0 Å². The second kappa shape index (κ2) is 6.57. The van der Waals surface area contributed by atoms with Crippen molar-refractivity contribution in [1.29, 1.82) is 0 Å². The van der Waals surface area contributed by atoms with Gasteiger partial charge in [-0.3, -0.25) is 4.79 Å². The number of thiophene rings is 1. The normalized spacial score (nSPS) is 13.0. The number of carbonyl (C=O) groups excluding carboxylic acids is 2. The number of amides is 1. The molecular formula is C18H16N2O3S2. The summed E-state index contributed by atoms with van der Waals surface area (Å²) in [5.41, 5.74) is 4.77. The molecule has 4 rings (SSSR count). The zero-order valence-electron chi connectivity index (χ0n) is 13.6. The van der Waals surface area contributed by atoms with Crippen LogP contribution in [0.1, 0.15) is 44.5 Å². The number of anilines is 1. The third kappa shape index (κ3) is 2.94. The van der Waals surface area contributed by atoms with Crippen LogP contribution in [0.2, 0.25) is 0 Å². The standard InChI is InChI=1S/C18H16N2O3S2/c1-2-23-18(22)15-11-4-3-5-13(11)25-17(15)20-16(21)10-6-7-12-14(8-10)24-9-19-12/h6-9H,2-5H2,1H3,(H,20,21). The van der Waals surface area contributed by atoms with E-state index in [1.165, 1.54) is 27.6 Å². The molecule has 3 aromatic rings. The van der Waals surface area contributed by atoms with Crippen molar-refractivity contribution in [2.24, 2.45) is 0 Å². The number of nitrogens with one attached hydrogen (secondary N) is 1. The molecule has 0 unspecified atom stereocenters. The Balaban J connectivity index is 1.65. The largest absolute Gasteiger partial charge is 0.462 e. The van der Waals surface area contributed by atoms with Gasteiger partial charge in [-0.25, -0.2) is 9.78 Å².